The Labute approximate surface area is 155 Å². The van der Waals surface area contributed by atoms with Crippen LogP contribution in [-0.4, -0.2) is 27.6 Å². The summed E-state index contributed by atoms with van der Waals surface area (Å²) >= 11 is 0. The van der Waals surface area contributed by atoms with Gasteiger partial charge in [-0.1, -0.05) is 0 Å². The third-order valence-corrected chi connectivity index (χ3v) is 5.60. The molecule has 1 aromatic heterocycles. The van der Waals surface area contributed by atoms with Crippen LogP contribution in [0.1, 0.15) is 66.9 Å². The third-order valence-electron chi connectivity index (χ3n) is 5.60. The minimum absolute atomic E-state index is 0.0302. The number of hydrogen-bond acceptors (Lipinski definition) is 3. The Hall–Kier alpha value is -2.70. The predicted molar refractivity (Wildman–Crippen MR) is 97.6 cm³/mol. The Morgan fingerprint density at radius 1 is 1.22 bits per heavy atom. The van der Waals surface area contributed by atoms with E-state index in [0.29, 0.717) is 17.5 Å². The van der Waals surface area contributed by atoms with Crippen molar-refractivity contribution in [2.75, 3.05) is 0 Å². The van der Waals surface area contributed by atoms with E-state index in [9.17, 15) is 23.9 Å². The molecule has 2 aromatic rings. The molecule has 0 saturated heterocycles. The van der Waals surface area contributed by atoms with E-state index >= 15 is 0 Å². The summed E-state index contributed by atoms with van der Waals surface area (Å²) in [6.07, 6.45) is 5.42. The molecule has 0 radical (unpaired) electrons. The Kier molecular flexibility index (Phi) is 4.25. The number of aromatic nitrogens is 1. The molecule has 2 aliphatic rings. The molecular formula is C20H21FN2O4. The van der Waals surface area contributed by atoms with Crippen LogP contribution in [0.25, 0.3) is 10.9 Å². The summed E-state index contributed by atoms with van der Waals surface area (Å²) in [5.41, 5.74) is 0.148. The van der Waals surface area contributed by atoms with Crippen molar-refractivity contribution in [3.8, 4) is 0 Å². The molecule has 4 rings (SSSR count). The van der Waals surface area contributed by atoms with Crippen molar-refractivity contribution < 1.29 is 19.1 Å². The SMILES string of the molecule is CC(=O)NC1CCC(c2cc3c(cc2F)c(=O)c(C(=O)O)cn3C2CC2)C1. The highest BCUT2D eigenvalue weighted by Gasteiger charge is 2.31. The van der Waals surface area contributed by atoms with Crippen molar-refractivity contribution in [3.05, 3.63) is 45.5 Å². The first-order chi connectivity index (χ1) is 12.8. The lowest BCUT2D eigenvalue weighted by Gasteiger charge is -2.17. The summed E-state index contributed by atoms with van der Waals surface area (Å²) in [5.74, 6) is -1.91. The molecule has 6 nitrogen and oxygen atoms in total. The van der Waals surface area contributed by atoms with Gasteiger partial charge in [0.05, 0.1) is 5.52 Å². The summed E-state index contributed by atoms with van der Waals surface area (Å²) in [7, 11) is 0. The van der Waals surface area contributed by atoms with Crippen molar-refractivity contribution >= 4 is 22.8 Å². The average Bonchev–Trinajstić information content (AvgIpc) is 3.34. The molecule has 2 N–H and O–H groups in total. The molecular weight excluding hydrogens is 351 g/mol. The quantitative estimate of drug-likeness (QED) is 0.864. The minimum atomic E-state index is -1.30. The number of rotatable bonds is 4. The van der Waals surface area contributed by atoms with E-state index in [-0.39, 0.29) is 34.9 Å². The Balaban J connectivity index is 1.80. The van der Waals surface area contributed by atoms with Crippen LogP contribution in [0.5, 0.6) is 0 Å². The van der Waals surface area contributed by atoms with E-state index in [4.69, 9.17) is 0 Å². The van der Waals surface area contributed by atoms with E-state index in [0.717, 1.165) is 25.7 Å². The van der Waals surface area contributed by atoms with Gasteiger partial charge in [0.15, 0.2) is 0 Å². The second-order valence-electron chi connectivity index (χ2n) is 7.61. The number of benzene rings is 1. The maximum atomic E-state index is 14.8. The van der Waals surface area contributed by atoms with Gasteiger partial charge in [-0.15, -0.1) is 0 Å². The largest absolute Gasteiger partial charge is 0.477 e. The number of carboxylic acid groups (broad SMARTS) is 1. The first kappa shape index (κ1) is 17.7. The number of aromatic carboxylic acids is 1. The maximum Gasteiger partial charge on any atom is 0.341 e. The zero-order valence-corrected chi connectivity index (χ0v) is 15.0. The summed E-state index contributed by atoms with van der Waals surface area (Å²) < 4.78 is 16.6. The number of carboxylic acids is 1. The molecule has 2 aliphatic carbocycles. The number of amides is 1. The second-order valence-corrected chi connectivity index (χ2v) is 7.61. The van der Waals surface area contributed by atoms with Crippen molar-refractivity contribution in [1.29, 1.82) is 0 Å². The molecule has 0 aliphatic heterocycles. The van der Waals surface area contributed by atoms with Gasteiger partial charge in [0.2, 0.25) is 11.3 Å². The highest BCUT2D eigenvalue weighted by molar-refractivity contribution is 5.93. The molecule has 1 aromatic carbocycles. The van der Waals surface area contributed by atoms with Gasteiger partial charge in [-0.2, -0.15) is 0 Å². The number of halogens is 1. The highest BCUT2D eigenvalue weighted by Crippen LogP contribution is 2.40. The second kappa shape index (κ2) is 6.48. The van der Waals surface area contributed by atoms with Crippen LogP contribution < -0.4 is 10.7 Å². The van der Waals surface area contributed by atoms with Gasteiger partial charge in [0.25, 0.3) is 0 Å². The van der Waals surface area contributed by atoms with E-state index in [1.165, 1.54) is 19.2 Å². The average molecular weight is 372 g/mol. The highest BCUT2D eigenvalue weighted by atomic mass is 19.1. The van der Waals surface area contributed by atoms with E-state index in [1.807, 2.05) is 4.57 Å². The molecule has 1 amide bonds. The van der Waals surface area contributed by atoms with E-state index in [1.54, 1.807) is 6.07 Å². The van der Waals surface area contributed by atoms with Gasteiger partial charge in [0, 0.05) is 30.6 Å². The van der Waals surface area contributed by atoms with Crippen molar-refractivity contribution in [2.24, 2.45) is 0 Å². The summed E-state index contributed by atoms with van der Waals surface area (Å²) in [6.45, 7) is 1.47. The Bertz CT molecular complexity index is 1010. The van der Waals surface area contributed by atoms with Crippen LogP contribution in [-0.2, 0) is 4.79 Å². The Morgan fingerprint density at radius 3 is 2.59 bits per heavy atom. The van der Waals surface area contributed by atoms with E-state index < -0.39 is 17.2 Å². The number of nitrogens with zero attached hydrogens (tertiary/aromatic N) is 1. The number of carbonyl (C=O) groups is 2. The fraction of sp³-hybridized carbons (Fsp3) is 0.450. The van der Waals surface area contributed by atoms with Crippen molar-refractivity contribution in [2.45, 2.75) is 57.0 Å². The standard InChI is InChI=1S/C20H21FN2O4/c1-10(24)22-12-3-2-11(6-12)14-8-18-15(7-17(14)21)19(25)16(20(26)27)9-23(18)13-4-5-13/h7-9,11-13H,2-6H2,1H3,(H,22,24)(H,26,27). The third kappa shape index (κ3) is 3.22. The number of nitrogens with one attached hydrogen (secondary N) is 1. The fourth-order valence-electron chi connectivity index (χ4n) is 4.19. The molecule has 0 spiro atoms. The molecule has 1 heterocycles. The van der Waals surface area contributed by atoms with Gasteiger partial charge in [-0.3, -0.25) is 9.59 Å². The number of carbonyl (C=O) groups excluding carboxylic acids is 1. The molecule has 2 atom stereocenters. The minimum Gasteiger partial charge on any atom is -0.477 e. The predicted octanol–water partition coefficient (Wildman–Crippen LogP) is 2.95. The zero-order chi connectivity index (χ0) is 19.3. The van der Waals surface area contributed by atoms with Crippen LogP contribution in [0.3, 0.4) is 0 Å². The van der Waals surface area contributed by atoms with Crippen molar-refractivity contribution in [1.82, 2.24) is 9.88 Å². The smallest absolute Gasteiger partial charge is 0.341 e. The van der Waals surface area contributed by atoms with Gasteiger partial charge in [-0.05, 0) is 55.7 Å². The number of pyridine rings is 1. The molecule has 27 heavy (non-hydrogen) atoms. The monoisotopic (exact) mass is 372 g/mol. The van der Waals surface area contributed by atoms with Gasteiger partial charge >= 0.3 is 5.97 Å². The summed E-state index contributed by atoms with van der Waals surface area (Å²) in [6, 6.07) is 3.07. The fourth-order valence-corrected chi connectivity index (χ4v) is 4.19. The maximum absolute atomic E-state index is 14.8. The van der Waals surface area contributed by atoms with Gasteiger partial charge in [-0.25, -0.2) is 9.18 Å². The molecule has 0 bridgehead atoms. The lowest BCUT2D eigenvalue weighted by molar-refractivity contribution is -0.119. The van der Waals surface area contributed by atoms with Crippen LogP contribution in [0.4, 0.5) is 4.39 Å². The Morgan fingerprint density at radius 2 is 1.96 bits per heavy atom. The van der Waals surface area contributed by atoms with Crippen LogP contribution in [0.15, 0.2) is 23.1 Å². The normalized spacial score (nSPS) is 22.1. The van der Waals surface area contributed by atoms with Crippen LogP contribution >= 0.6 is 0 Å². The van der Waals surface area contributed by atoms with E-state index in [2.05, 4.69) is 5.32 Å². The molecule has 142 valence electrons. The molecule has 2 unspecified atom stereocenters. The summed E-state index contributed by atoms with van der Waals surface area (Å²) in [5, 5.41) is 12.3. The zero-order valence-electron chi connectivity index (χ0n) is 15.0. The lowest BCUT2D eigenvalue weighted by Crippen LogP contribution is -2.30. The molecule has 2 fully saturated rings. The van der Waals surface area contributed by atoms with Gasteiger partial charge in [0.1, 0.15) is 11.4 Å². The van der Waals surface area contributed by atoms with Gasteiger partial charge < -0.3 is 15.0 Å². The van der Waals surface area contributed by atoms with Crippen LogP contribution in [0.2, 0.25) is 0 Å². The number of hydrogen-bond donors (Lipinski definition) is 2. The first-order valence-corrected chi connectivity index (χ1v) is 9.24. The lowest BCUT2D eigenvalue weighted by atomic mass is 9.95. The first-order valence-electron chi connectivity index (χ1n) is 9.24. The molecule has 2 saturated carbocycles. The number of fused-ring (bicyclic) bond motifs is 1. The topological polar surface area (TPSA) is 88.4 Å². The summed E-state index contributed by atoms with van der Waals surface area (Å²) in [4.78, 5) is 35.2. The molecule has 7 heteroatoms. The van der Waals surface area contributed by atoms with Crippen LogP contribution in [0, 0.1) is 5.82 Å². The van der Waals surface area contributed by atoms with Crippen molar-refractivity contribution in [3.63, 3.8) is 0 Å².